The Kier molecular flexibility index (Phi) is 7.25. The van der Waals surface area contributed by atoms with Crippen LogP contribution in [0.1, 0.15) is 31.4 Å². The van der Waals surface area contributed by atoms with Crippen molar-refractivity contribution in [3.8, 4) is 11.5 Å². The molecule has 0 spiro atoms. The maximum absolute atomic E-state index is 6.08. The highest BCUT2D eigenvalue weighted by Gasteiger charge is 2.12. The van der Waals surface area contributed by atoms with Crippen molar-refractivity contribution in [1.29, 1.82) is 0 Å². The van der Waals surface area contributed by atoms with E-state index >= 15 is 0 Å². The quantitative estimate of drug-likeness (QED) is 0.559. The summed E-state index contributed by atoms with van der Waals surface area (Å²) in [4.78, 5) is 0. The van der Waals surface area contributed by atoms with Crippen LogP contribution in [-0.4, -0.2) is 13.2 Å². The molecule has 0 aliphatic rings. The van der Waals surface area contributed by atoms with Crippen LogP contribution in [0.15, 0.2) is 34.8 Å². The van der Waals surface area contributed by atoms with Crippen molar-refractivity contribution in [2.75, 3.05) is 18.5 Å². The van der Waals surface area contributed by atoms with Gasteiger partial charge in [-0.25, -0.2) is 0 Å². The number of benzene rings is 2. The van der Waals surface area contributed by atoms with E-state index in [4.69, 9.17) is 21.1 Å². The molecule has 0 aliphatic heterocycles. The van der Waals surface area contributed by atoms with Gasteiger partial charge in [0.05, 0.1) is 17.7 Å². The number of halogens is 2. The summed E-state index contributed by atoms with van der Waals surface area (Å²) in [5, 5.41) is 4.15. The van der Waals surface area contributed by atoms with E-state index in [0.717, 1.165) is 44.2 Å². The summed E-state index contributed by atoms with van der Waals surface area (Å²) >= 11 is 9.67. The largest absolute Gasteiger partial charge is 0.490 e. The lowest BCUT2D eigenvalue weighted by Crippen LogP contribution is -2.05. The highest BCUT2D eigenvalue weighted by Crippen LogP contribution is 2.37. The summed E-state index contributed by atoms with van der Waals surface area (Å²) in [6.45, 7) is 8.05. The van der Waals surface area contributed by atoms with E-state index in [1.54, 1.807) is 0 Å². The van der Waals surface area contributed by atoms with E-state index in [0.29, 0.717) is 19.8 Å². The number of nitrogens with one attached hydrogen (secondary N) is 1. The summed E-state index contributed by atoms with van der Waals surface area (Å²) in [6, 6.07) is 9.92. The Morgan fingerprint density at radius 3 is 2.62 bits per heavy atom. The zero-order chi connectivity index (χ0) is 17.5. The van der Waals surface area contributed by atoms with Crippen molar-refractivity contribution >= 4 is 33.2 Å². The third-order valence-electron chi connectivity index (χ3n) is 3.50. The monoisotopic (exact) mass is 411 g/mol. The van der Waals surface area contributed by atoms with Crippen molar-refractivity contribution in [1.82, 2.24) is 0 Å². The van der Waals surface area contributed by atoms with E-state index < -0.39 is 0 Å². The van der Waals surface area contributed by atoms with Crippen molar-refractivity contribution in [3.05, 3.63) is 51.0 Å². The van der Waals surface area contributed by atoms with Gasteiger partial charge in [-0.2, -0.15) is 0 Å². The second kappa shape index (κ2) is 9.19. The van der Waals surface area contributed by atoms with Gasteiger partial charge in [0.15, 0.2) is 11.5 Å². The first kappa shape index (κ1) is 18.9. The van der Waals surface area contributed by atoms with Crippen molar-refractivity contribution in [3.63, 3.8) is 0 Å². The predicted octanol–water partition coefficient (Wildman–Crippen LogP) is 6.21. The Morgan fingerprint density at radius 1 is 1.12 bits per heavy atom. The third-order valence-corrected chi connectivity index (χ3v) is 4.33. The standard InChI is InChI=1S/C19H23BrClNO2/c1-4-8-24-19-16(20)9-14(10-18(19)23-5-2)12-22-17-11-15(21)7-6-13(17)3/h6-7,9-11,22H,4-5,8,12H2,1-3H3. The molecule has 0 radical (unpaired) electrons. The van der Waals surface area contributed by atoms with Crippen LogP contribution >= 0.6 is 27.5 Å². The molecule has 0 unspecified atom stereocenters. The second-order valence-corrected chi connectivity index (χ2v) is 6.79. The minimum Gasteiger partial charge on any atom is -0.490 e. The SMILES string of the molecule is CCCOc1c(Br)cc(CNc2cc(Cl)ccc2C)cc1OCC. The first-order chi connectivity index (χ1) is 11.5. The zero-order valence-corrected chi connectivity index (χ0v) is 16.6. The van der Waals surface area contributed by atoms with Gasteiger partial charge < -0.3 is 14.8 Å². The van der Waals surface area contributed by atoms with Gasteiger partial charge in [0.25, 0.3) is 0 Å². The molecule has 0 fully saturated rings. The average Bonchev–Trinajstić information content (AvgIpc) is 2.55. The topological polar surface area (TPSA) is 30.5 Å². The molecule has 0 bridgehead atoms. The van der Waals surface area contributed by atoms with Gasteiger partial charge >= 0.3 is 0 Å². The molecule has 2 aromatic carbocycles. The Morgan fingerprint density at radius 2 is 1.92 bits per heavy atom. The smallest absolute Gasteiger partial charge is 0.175 e. The molecule has 24 heavy (non-hydrogen) atoms. The van der Waals surface area contributed by atoms with Gasteiger partial charge in [0.1, 0.15) is 0 Å². The summed E-state index contributed by atoms with van der Waals surface area (Å²) in [5.41, 5.74) is 3.29. The maximum atomic E-state index is 6.08. The second-order valence-electron chi connectivity index (χ2n) is 5.50. The molecular weight excluding hydrogens is 390 g/mol. The number of rotatable bonds is 8. The van der Waals surface area contributed by atoms with Crippen LogP contribution in [0, 0.1) is 6.92 Å². The van der Waals surface area contributed by atoms with Crippen LogP contribution in [0.3, 0.4) is 0 Å². The molecule has 0 saturated carbocycles. The number of aryl methyl sites for hydroxylation is 1. The highest BCUT2D eigenvalue weighted by molar-refractivity contribution is 9.10. The van der Waals surface area contributed by atoms with E-state index in [1.165, 1.54) is 0 Å². The van der Waals surface area contributed by atoms with Crippen LogP contribution in [0.25, 0.3) is 0 Å². The van der Waals surface area contributed by atoms with Crippen molar-refractivity contribution < 1.29 is 9.47 Å². The predicted molar refractivity (Wildman–Crippen MR) is 105 cm³/mol. The molecule has 2 aromatic rings. The van der Waals surface area contributed by atoms with E-state index in [9.17, 15) is 0 Å². The van der Waals surface area contributed by atoms with E-state index in [-0.39, 0.29) is 0 Å². The van der Waals surface area contributed by atoms with E-state index in [1.807, 2.05) is 31.2 Å². The van der Waals surface area contributed by atoms with Crippen molar-refractivity contribution in [2.45, 2.75) is 33.7 Å². The first-order valence-corrected chi connectivity index (χ1v) is 9.30. The minimum absolute atomic E-state index is 0.596. The Hall–Kier alpha value is -1.39. The van der Waals surface area contributed by atoms with Crippen LogP contribution in [0.2, 0.25) is 5.02 Å². The average molecular weight is 413 g/mol. The summed E-state index contributed by atoms with van der Waals surface area (Å²) in [5.74, 6) is 1.53. The number of hydrogen-bond acceptors (Lipinski definition) is 3. The van der Waals surface area contributed by atoms with Gasteiger partial charge in [-0.3, -0.25) is 0 Å². The number of hydrogen-bond donors (Lipinski definition) is 1. The summed E-state index contributed by atoms with van der Waals surface area (Å²) < 4.78 is 12.5. The molecule has 130 valence electrons. The van der Waals surface area contributed by atoms with Crippen molar-refractivity contribution in [2.24, 2.45) is 0 Å². The molecule has 0 aromatic heterocycles. The Bertz CT molecular complexity index is 691. The van der Waals surface area contributed by atoms with Crippen LogP contribution < -0.4 is 14.8 Å². The zero-order valence-electron chi connectivity index (χ0n) is 14.3. The highest BCUT2D eigenvalue weighted by atomic mass is 79.9. The third kappa shape index (κ3) is 5.05. The van der Waals surface area contributed by atoms with Gasteiger partial charge in [-0.15, -0.1) is 0 Å². The lowest BCUT2D eigenvalue weighted by molar-refractivity contribution is 0.275. The lowest BCUT2D eigenvalue weighted by atomic mass is 10.1. The number of ether oxygens (including phenoxy) is 2. The van der Waals surface area contributed by atoms with Crippen LogP contribution in [0.5, 0.6) is 11.5 Å². The molecule has 5 heteroatoms. The van der Waals surface area contributed by atoms with Gasteiger partial charge in [0.2, 0.25) is 0 Å². The molecule has 0 saturated heterocycles. The number of anilines is 1. The molecular formula is C19H23BrClNO2. The van der Waals surface area contributed by atoms with Gasteiger partial charge in [-0.05, 0) is 71.6 Å². The molecule has 1 N–H and O–H groups in total. The summed E-state index contributed by atoms with van der Waals surface area (Å²) in [6.07, 6.45) is 0.954. The normalized spacial score (nSPS) is 10.5. The summed E-state index contributed by atoms with van der Waals surface area (Å²) in [7, 11) is 0. The fourth-order valence-corrected chi connectivity index (χ4v) is 3.09. The van der Waals surface area contributed by atoms with Crippen LogP contribution in [0.4, 0.5) is 5.69 Å². The molecule has 0 amide bonds. The van der Waals surface area contributed by atoms with E-state index in [2.05, 4.69) is 41.2 Å². The first-order valence-electron chi connectivity index (χ1n) is 8.13. The molecule has 0 heterocycles. The molecule has 0 atom stereocenters. The molecule has 0 aliphatic carbocycles. The Balaban J connectivity index is 2.19. The molecule has 2 rings (SSSR count). The fourth-order valence-electron chi connectivity index (χ4n) is 2.31. The molecule has 3 nitrogen and oxygen atoms in total. The minimum atomic E-state index is 0.596. The lowest BCUT2D eigenvalue weighted by Gasteiger charge is -2.16. The van der Waals surface area contributed by atoms with Gasteiger partial charge in [0, 0.05) is 17.3 Å². The van der Waals surface area contributed by atoms with Gasteiger partial charge in [-0.1, -0.05) is 24.6 Å². The van der Waals surface area contributed by atoms with Crippen LogP contribution in [-0.2, 0) is 6.54 Å². The maximum Gasteiger partial charge on any atom is 0.175 e. The fraction of sp³-hybridized carbons (Fsp3) is 0.368. The Labute approximate surface area is 157 Å².